The third kappa shape index (κ3) is 3.49. The van der Waals surface area contributed by atoms with Crippen molar-refractivity contribution in [2.24, 2.45) is 0 Å². The van der Waals surface area contributed by atoms with Crippen molar-refractivity contribution in [3.05, 3.63) is 11.6 Å². The van der Waals surface area contributed by atoms with Crippen LogP contribution in [0.15, 0.2) is 11.6 Å². The monoisotopic (exact) mass is 183 g/mol. The summed E-state index contributed by atoms with van der Waals surface area (Å²) in [5.41, 5.74) is 1.48. The molecule has 1 aliphatic heterocycles. The maximum Gasteiger partial charge on any atom is 0.0909 e. The Morgan fingerprint density at radius 1 is 1.54 bits per heavy atom. The van der Waals surface area contributed by atoms with Crippen LogP contribution in [-0.2, 0) is 4.74 Å². The molecular formula is C11H21NO. The molecule has 1 atom stereocenters. The van der Waals surface area contributed by atoms with Crippen molar-refractivity contribution in [3.8, 4) is 0 Å². The van der Waals surface area contributed by atoms with E-state index in [1.807, 2.05) is 0 Å². The van der Waals surface area contributed by atoms with E-state index >= 15 is 0 Å². The summed E-state index contributed by atoms with van der Waals surface area (Å²) < 4.78 is 5.71. The first kappa shape index (κ1) is 10.7. The second-order valence-corrected chi connectivity index (χ2v) is 3.50. The lowest BCUT2D eigenvalue weighted by atomic mass is 10.0. The van der Waals surface area contributed by atoms with E-state index in [9.17, 15) is 0 Å². The molecule has 0 saturated carbocycles. The van der Waals surface area contributed by atoms with Gasteiger partial charge < -0.3 is 10.1 Å². The van der Waals surface area contributed by atoms with Crippen molar-refractivity contribution in [1.29, 1.82) is 0 Å². The van der Waals surface area contributed by atoms with Crippen molar-refractivity contribution in [3.63, 3.8) is 0 Å². The van der Waals surface area contributed by atoms with Crippen molar-refractivity contribution in [1.82, 2.24) is 5.32 Å². The van der Waals surface area contributed by atoms with Gasteiger partial charge in [-0.1, -0.05) is 26.3 Å². The predicted octanol–water partition coefficient (Wildman–Crippen LogP) is 2.11. The molecule has 13 heavy (non-hydrogen) atoms. The minimum Gasteiger partial charge on any atom is -0.371 e. The summed E-state index contributed by atoms with van der Waals surface area (Å²) in [4.78, 5) is 0. The number of hydrogen-bond acceptors (Lipinski definition) is 2. The van der Waals surface area contributed by atoms with Gasteiger partial charge in [0.25, 0.3) is 0 Å². The molecule has 1 fully saturated rings. The Morgan fingerprint density at radius 2 is 2.38 bits per heavy atom. The average Bonchev–Trinajstić information content (AvgIpc) is 2.19. The van der Waals surface area contributed by atoms with Gasteiger partial charge in [-0.25, -0.2) is 0 Å². The molecule has 76 valence electrons. The topological polar surface area (TPSA) is 21.3 Å². The van der Waals surface area contributed by atoms with Crippen molar-refractivity contribution >= 4 is 0 Å². The number of allylic oxidation sites excluding steroid dienone is 1. The van der Waals surface area contributed by atoms with Crippen LogP contribution < -0.4 is 5.32 Å². The van der Waals surface area contributed by atoms with E-state index in [4.69, 9.17) is 4.74 Å². The lowest BCUT2D eigenvalue weighted by Crippen LogP contribution is -2.39. The van der Waals surface area contributed by atoms with Crippen LogP contribution in [-0.4, -0.2) is 25.8 Å². The van der Waals surface area contributed by atoms with Gasteiger partial charge in [-0.15, -0.1) is 0 Å². The smallest absolute Gasteiger partial charge is 0.0909 e. The van der Waals surface area contributed by atoms with Crippen LogP contribution in [0.4, 0.5) is 0 Å². The standard InChI is InChI=1S/C11H21NO/c1-3-5-10(6-4-2)11-9-12-7-8-13-11/h5,11-12H,3-4,6-9H2,1-2H3/b10-5+. The van der Waals surface area contributed by atoms with E-state index in [1.54, 1.807) is 0 Å². The van der Waals surface area contributed by atoms with E-state index in [1.165, 1.54) is 18.4 Å². The fourth-order valence-corrected chi connectivity index (χ4v) is 1.75. The van der Waals surface area contributed by atoms with E-state index in [0.717, 1.165) is 26.1 Å². The highest BCUT2D eigenvalue weighted by atomic mass is 16.5. The van der Waals surface area contributed by atoms with Gasteiger partial charge in [0, 0.05) is 13.1 Å². The fraction of sp³-hybridized carbons (Fsp3) is 0.818. The fourth-order valence-electron chi connectivity index (χ4n) is 1.75. The van der Waals surface area contributed by atoms with Crippen LogP contribution in [0, 0.1) is 0 Å². The SMILES string of the molecule is CC/C=C(\CCC)C1CNCCO1. The molecule has 0 bridgehead atoms. The Kier molecular flexibility index (Phi) is 5.09. The summed E-state index contributed by atoms with van der Waals surface area (Å²) in [6, 6.07) is 0. The van der Waals surface area contributed by atoms with Crippen molar-refractivity contribution < 1.29 is 4.74 Å². The summed E-state index contributed by atoms with van der Waals surface area (Å²) in [5, 5.41) is 3.37. The summed E-state index contributed by atoms with van der Waals surface area (Å²) in [7, 11) is 0. The highest BCUT2D eigenvalue weighted by molar-refractivity contribution is 5.09. The molecule has 1 unspecified atom stereocenters. The highest BCUT2D eigenvalue weighted by Crippen LogP contribution is 2.15. The Bertz CT molecular complexity index is 159. The molecule has 0 radical (unpaired) electrons. The summed E-state index contributed by atoms with van der Waals surface area (Å²) in [6.07, 6.45) is 6.18. The van der Waals surface area contributed by atoms with Crippen LogP contribution in [0.25, 0.3) is 0 Å². The molecule has 2 heteroatoms. The Hall–Kier alpha value is -0.340. The predicted molar refractivity (Wildman–Crippen MR) is 55.9 cm³/mol. The summed E-state index contributed by atoms with van der Waals surface area (Å²) in [5.74, 6) is 0. The third-order valence-corrected chi connectivity index (χ3v) is 2.35. The van der Waals surface area contributed by atoms with Gasteiger partial charge in [-0.2, -0.15) is 0 Å². The second kappa shape index (κ2) is 6.17. The molecule has 0 aromatic rings. The molecule has 1 N–H and O–H groups in total. The van der Waals surface area contributed by atoms with Gasteiger partial charge in [-0.05, 0) is 18.4 Å². The molecule has 2 nitrogen and oxygen atoms in total. The van der Waals surface area contributed by atoms with Crippen LogP contribution in [0.2, 0.25) is 0 Å². The Morgan fingerprint density at radius 3 is 2.92 bits per heavy atom. The first-order chi connectivity index (χ1) is 6.38. The minimum absolute atomic E-state index is 0.341. The van der Waals surface area contributed by atoms with Crippen molar-refractivity contribution in [2.75, 3.05) is 19.7 Å². The number of morpholine rings is 1. The average molecular weight is 183 g/mol. The van der Waals surface area contributed by atoms with Gasteiger partial charge >= 0.3 is 0 Å². The molecule has 0 amide bonds. The molecule has 0 aromatic carbocycles. The normalized spacial score (nSPS) is 24.8. The minimum atomic E-state index is 0.341. The van der Waals surface area contributed by atoms with Crippen LogP contribution in [0.3, 0.4) is 0 Å². The number of rotatable bonds is 4. The summed E-state index contributed by atoms with van der Waals surface area (Å²) >= 11 is 0. The number of ether oxygens (including phenoxy) is 1. The Labute approximate surface area is 81.4 Å². The molecule has 1 rings (SSSR count). The first-order valence-corrected chi connectivity index (χ1v) is 5.39. The summed E-state index contributed by atoms with van der Waals surface area (Å²) in [6.45, 7) is 7.26. The lowest BCUT2D eigenvalue weighted by molar-refractivity contribution is 0.0495. The zero-order valence-corrected chi connectivity index (χ0v) is 8.81. The molecule has 0 aromatic heterocycles. The van der Waals surface area contributed by atoms with Crippen LogP contribution in [0.1, 0.15) is 33.1 Å². The lowest BCUT2D eigenvalue weighted by Gasteiger charge is -2.26. The zero-order chi connectivity index (χ0) is 9.52. The van der Waals surface area contributed by atoms with E-state index in [0.29, 0.717) is 6.10 Å². The first-order valence-electron chi connectivity index (χ1n) is 5.39. The molecule has 1 heterocycles. The van der Waals surface area contributed by atoms with Gasteiger partial charge in [0.1, 0.15) is 0 Å². The number of nitrogens with one attached hydrogen (secondary N) is 1. The second-order valence-electron chi connectivity index (χ2n) is 3.50. The molecule has 1 aliphatic rings. The van der Waals surface area contributed by atoms with Crippen molar-refractivity contribution in [2.45, 2.75) is 39.2 Å². The van der Waals surface area contributed by atoms with E-state index in [2.05, 4.69) is 25.2 Å². The van der Waals surface area contributed by atoms with E-state index in [-0.39, 0.29) is 0 Å². The molecular weight excluding hydrogens is 162 g/mol. The van der Waals surface area contributed by atoms with E-state index < -0.39 is 0 Å². The maximum atomic E-state index is 5.71. The molecule has 0 spiro atoms. The van der Waals surface area contributed by atoms with Gasteiger partial charge in [0.05, 0.1) is 12.7 Å². The number of hydrogen-bond donors (Lipinski definition) is 1. The quantitative estimate of drug-likeness (QED) is 0.674. The van der Waals surface area contributed by atoms with Crippen LogP contribution in [0.5, 0.6) is 0 Å². The largest absolute Gasteiger partial charge is 0.371 e. The van der Waals surface area contributed by atoms with Gasteiger partial charge in [0.15, 0.2) is 0 Å². The van der Waals surface area contributed by atoms with Gasteiger partial charge in [0.2, 0.25) is 0 Å². The maximum absolute atomic E-state index is 5.71. The van der Waals surface area contributed by atoms with Gasteiger partial charge in [-0.3, -0.25) is 0 Å². The highest BCUT2D eigenvalue weighted by Gasteiger charge is 2.16. The Balaban J connectivity index is 2.46. The molecule has 1 saturated heterocycles. The third-order valence-electron chi connectivity index (χ3n) is 2.35. The molecule has 0 aliphatic carbocycles. The van der Waals surface area contributed by atoms with Crippen LogP contribution >= 0.6 is 0 Å². The zero-order valence-electron chi connectivity index (χ0n) is 8.81.